The first-order valence-corrected chi connectivity index (χ1v) is 4.47. The average molecular weight is 207 g/mol. The quantitative estimate of drug-likeness (QED) is 0.832. The molecule has 0 amide bonds. The molecule has 5 nitrogen and oxygen atoms in total. The molecule has 78 valence electrons. The van der Waals surface area contributed by atoms with E-state index in [9.17, 15) is 4.79 Å². The van der Waals surface area contributed by atoms with Gasteiger partial charge in [0.2, 0.25) is 0 Å². The van der Waals surface area contributed by atoms with Crippen LogP contribution in [0.1, 0.15) is 17.6 Å². The van der Waals surface area contributed by atoms with E-state index in [4.69, 9.17) is 14.3 Å². The van der Waals surface area contributed by atoms with Crippen LogP contribution in [0.3, 0.4) is 0 Å². The van der Waals surface area contributed by atoms with Crippen molar-refractivity contribution in [3.63, 3.8) is 0 Å². The van der Waals surface area contributed by atoms with Gasteiger partial charge in [0, 0.05) is 6.07 Å². The SMILES string of the molecule is CCOc1ccc2oc(C(=O)O)nc2c1. The van der Waals surface area contributed by atoms with Crippen molar-refractivity contribution in [3.05, 3.63) is 24.1 Å². The van der Waals surface area contributed by atoms with Gasteiger partial charge in [-0.15, -0.1) is 0 Å². The number of benzene rings is 1. The van der Waals surface area contributed by atoms with E-state index in [0.717, 1.165) is 0 Å². The standard InChI is InChI=1S/C10H9NO4/c1-2-14-6-3-4-8-7(5-6)11-9(15-8)10(12)13/h3-5H,2H2,1H3,(H,12,13). The summed E-state index contributed by atoms with van der Waals surface area (Å²) in [6, 6.07) is 5.00. The molecule has 1 N–H and O–H groups in total. The number of oxazole rings is 1. The number of aromatic carboxylic acids is 1. The zero-order valence-corrected chi connectivity index (χ0v) is 8.06. The van der Waals surface area contributed by atoms with E-state index in [0.29, 0.717) is 23.5 Å². The zero-order valence-electron chi connectivity index (χ0n) is 8.06. The van der Waals surface area contributed by atoms with E-state index >= 15 is 0 Å². The summed E-state index contributed by atoms with van der Waals surface area (Å²) in [5, 5.41) is 8.67. The molecule has 2 aromatic rings. The fourth-order valence-electron chi connectivity index (χ4n) is 1.26. The lowest BCUT2D eigenvalue weighted by Crippen LogP contribution is -1.94. The van der Waals surface area contributed by atoms with Crippen molar-refractivity contribution in [1.29, 1.82) is 0 Å². The molecule has 0 saturated heterocycles. The lowest BCUT2D eigenvalue weighted by molar-refractivity contribution is 0.0656. The van der Waals surface area contributed by atoms with Crippen molar-refractivity contribution in [3.8, 4) is 5.75 Å². The number of rotatable bonds is 3. The summed E-state index contributed by atoms with van der Waals surface area (Å²) in [7, 11) is 0. The fraction of sp³-hybridized carbons (Fsp3) is 0.200. The predicted octanol–water partition coefficient (Wildman–Crippen LogP) is 1.92. The molecule has 0 fully saturated rings. The van der Waals surface area contributed by atoms with E-state index in [1.807, 2.05) is 6.92 Å². The van der Waals surface area contributed by atoms with Crippen LogP contribution in [0.25, 0.3) is 11.1 Å². The van der Waals surface area contributed by atoms with Gasteiger partial charge >= 0.3 is 11.9 Å². The van der Waals surface area contributed by atoms with Gasteiger partial charge in [-0.1, -0.05) is 0 Å². The summed E-state index contributed by atoms with van der Waals surface area (Å²) in [4.78, 5) is 14.4. The molecule has 2 rings (SSSR count). The Morgan fingerprint density at radius 3 is 3.07 bits per heavy atom. The fourth-order valence-corrected chi connectivity index (χ4v) is 1.26. The second-order valence-electron chi connectivity index (χ2n) is 2.89. The van der Waals surface area contributed by atoms with Crippen molar-refractivity contribution < 1.29 is 19.1 Å². The van der Waals surface area contributed by atoms with Gasteiger partial charge in [-0.2, -0.15) is 0 Å². The molecule has 0 bridgehead atoms. The third kappa shape index (κ3) is 1.76. The molecule has 0 spiro atoms. The first-order valence-electron chi connectivity index (χ1n) is 4.47. The third-order valence-electron chi connectivity index (χ3n) is 1.85. The maximum absolute atomic E-state index is 10.6. The normalized spacial score (nSPS) is 10.5. The monoisotopic (exact) mass is 207 g/mol. The molecule has 0 aliphatic heterocycles. The van der Waals surface area contributed by atoms with Crippen LogP contribution in [0.4, 0.5) is 0 Å². The number of hydrogen-bond donors (Lipinski definition) is 1. The van der Waals surface area contributed by atoms with Crippen LogP contribution in [-0.2, 0) is 0 Å². The second-order valence-corrected chi connectivity index (χ2v) is 2.89. The van der Waals surface area contributed by atoms with Gasteiger partial charge in [0.05, 0.1) is 6.61 Å². The van der Waals surface area contributed by atoms with Crippen molar-refractivity contribution in [1.82, 2.24) is 4.98 Å². The molecule has 0 radical (unpaired) electrons. The molecule has 0 unspecified atom stereocenters. The van der Waals surface area contributed by atoms with Gasteiger partial charge in [0.15, 0.2) is 5.58 Å². The summed E-state index contributed by atoms with van der Waals surface area (Å²) in [5.41, 5.74) is 0.925. The Morgan fingerprint density at radius 2 is 2.40 bits per heavy atom. The Hall–Kier alpha value is -2.04. The zero-order chi connectivity index (χ0) is 10.8. The van der Waals surface area contributed by atoms with Crippen molar-refractivity contribution in [2.45, 2.75) is 6.92 Å². The van der Waals surface area contributed by atoms with Crippen LogP contribution in [0.2, 0.25) is 0 Å². The minimum absolute atomic E-state index is 0.307. The van der Waals surface area contributed by atoms with Crippen molar-refractivity contribution in [2.75, 3.05) is 6.61 Å². The number of carboxylic acid groups (broad SMARTS) is 1. The molecule has 1 aromatic heterocycles. The molecule has 0 aliphatic rings. The van der Waals surface area contributed by atoms with E-state index in [-0.39, 0.29) is 5.89 Å². The average Bonchev–Trinajstić information content (AvgIpc) is 2.61. The van der Waals surface area contributed by atoms with Gasteiger partial charge in [0.25, 0.3) is 0 Å². The van der Waals surface area contributed by atoms with E-state index in [1.54, 1.807) is 18.2 Å². The highest BCUT2D eigenvalue weighted by Gasteiger charge is 2.12. The van der Waals surface area contributed by atoms with Crippen LogP contribution < -0.4 is 4.74 Å². The van der Waals surface area contributed by atoms with E-state index < -0.39 is 5.97 Å². The number of nitrogens with zero attached hydrogens (tertiary/aromatic N) is 1. The Labute approximate surface area is 85.3 Å². The lowest BCUT2D eigenvalue weighted by Gasteiger charge is -2.00. The highest BCUT2D eigenvalue weighted by atomic mass is 16.5. The molecule has 0 aliphatic carbocycles. The summed E-state index contributed by atoms with van der Waals surface area (Å²) in [5.74, 6) is -0.835. The topological polar surface area (TPSA) is 72.6 Å². The highest BCUT2D eigenvalue weighted by Crippen LogP contribution is 2.21. The summed E-state index contributed by atoms with van der Waals surface area (Å²) in [6.45, 7) is 2.42. The number of ether oxygens (including phenoxy) is 1. The van der Waals surface area contributed by atoms with Crippen LogP contribution in [-0.4, -0.2) is 22.7 Å². The van der Waals surface area contributed by atoms with E-state index in [1.165, 1.54) is 0 Å². The number of hydrogen-bond acceptors (Lipinski definition) is 4. The summed E-state index contributed by atoms with van der Waals surface area (Å²) in [6.07, 6.45) is 0. The van der Waals surface area contributed by atoms with Crippen LogP contribution in [0.15, 0.2) is 22.6 Å². The first kappa shape index (κ1) is 9.51. The lowest BCUT2D eigenvalue weighted by atomic mass is 10.3. The first-order chi connectivity index (χ1) is 7.20. The highest BCUT2D eigenvalue weighted by molar-refractivity contribution is 5.86. The number of aromatic nitrogens is 1. The van der Waals surface area contributed by atoms with Crippen LogP contribution >= 0.6 is 0 Å². The molecule has 5 heteroatoms. The maximum atomic E-state index is 10.6. The van der Waals surface area contributed by atoms with Crippen molar-refractivity contribution >= 4 is 17.1 Å². The Kier molecular flexibility index (Phi) is 2.29. The molecule has 15 heavy (non-hydrogen) atoms. The Morgan fingerprint density at radius 1 is 1.60 bits per heavy atom. The minimum atomic E-state index is -1.18. The Balaban J connectivity index is 2.47. The second kappa shape index (κ2) is 3.61. The van der Waals surface area contributed by atoms with Gasteiger partial charge in [-0.25, -0.2) is 9.78 Å². The van der Waals surface area contributed by atoms with Crippen LogP contribution in [0, 0.1) is 0 Å². The summed E-state index contributed by atoms with van der Waals surface area (Å²) < 4.78 is 10.3. The van der Waals surface area contributed by atoms with Gasteiger partial charge < -0.3 is 14.3 Å². The number of fused-ring (bicyclic) bond motifs is 1. The largest absolute Gasteiger partial charge is 0.494 e. The van der Waals surface area contributed by atoms with Gasteiger partial charge in [-0.3, -0.25) is 0 Å². The van der Waals surface area contributed by atoms with Crippen molar-refractivity contribution in [2.24, 2.45) is 0 Å². The molecular formula is C10H9NO4. The molecule has 1 aromatic carbocycles. The molecular weight excluding hydrogens is 198 g/mol. The third-order valence-corrected chi connectivity index (χ3v) is 1.85. The van der Waals surface area contributed by atoms with Gasteiger partial charge in [-0.05, 0) is 19.1 Å². The number of carboxylic acids is 1. The van der Waals surface area contributed by atoms with Gasteiger partial charge in [0.1, 0.15) is 11.3 Å². The molecule has 1 heterocycles. The van der Waals surface area contributed by atoms with Crippen LogP contribution in [0.5, 0.6) is 5.75 Å². The number of carbonyl (C=O) groups is 1. The maximum Gasteiger partial charge on any atom is 0.392 e. The Bertz CT molecular complexity index is 503. The summed E-state index contributed by atoms with van der Waals surface area (Å²) >= 11 is 0. The molecule has 0 saturated carbocycles. The predicted molar refractivity (Wildman–Crippen MR) is 52.1 cm³/mol. The van der Waals surface area contributed by atoms with E-state index in [2.05, 4.69) is 4.98 Å². The molecule has 0 atom stereocenters. The minimum Gasteiger partial charge on any atom is -0.494 e. The smallest absolute Gasteiger partial charge is 0.392 e.